The van der Waals surface area contributed by atoms with Crippen LogP contribution in [0.4, 0.5) is 4.39 Å². The predicted octanol–water partition coefficient (Wildman–Crippen LogP) is 1.78. The van der Waals surface area contributed by atoms with Crippen LogP contribution in [0.15, 0.2) is 36.5 Å². The second kappa shape index (κ2) is 6.02. The highest BCUT2D eigenvalue weighted by Crippen LogP contribution is 2.38. The third-order valence-corrected chi connectivity index (χ3v) is 5.24. The van der Waals surface area contributed by atoms with Crippen LogP contribution in [-0.2, 0) is 11.2 Å². The van der Waals surface area contributed by atoms with Gasteiger partial charge in [-0.25, -0.2) is 9.07 Å². The summed E-state index contributed by atoms with van der Waals surface area (Å²) in [5.41, 5.74) is 1.45. The zero-order valence-corrected chi connectivity index (χ0v) is 13.3. The lowest BCUT2D eigenvalue weighted by molar-refractivity contribution is -0.129. The highest BCUT2D eigenvalue weighted by Gasteiger charge is 2.43. The van der Waals surface area contributed by atoms with Crippen LogP contribution in [0.25, 0.3) is 5.69 Å². The highest BCUT2D eigenvalue weighted by atomic mass is 19.1. The molecular weight excluding hydrogens is 309 g/mol. The molecule has 1 amide bonds. The molecule has 0 radical (unpaired) electrons. The molecule has 0 unspecified atom stereocenters. The number of hydrogen-bond donors (Lipinski definition) is 1. The van der Waals surface area contributed by atoms with Crippen LogP contribution in [0, 0.1) is 17.7 Å². The normalized spacial score (nSPS) is 25.9. The first kappa shape index (κ1) is 15.3. The first-order chi connectivity index (χ1) is 11.6. The van der Waals surface area contributed by atoms with E-state index in [-0.39, 0.29) is 30.2 Å². The Kier molecular flexibility index (Phi) is 3.84. The van der Waals surface area contributed by atoms with Gasteiger partial charge in [-0.05, 0) is 49.1 Å². The Bertz CT molecular complexity index is 743. The molecule has 2 fully saturated rings. The quantitative estimate of drug-likeness (QED) is 0.934. The maximum atomic E-state index is 13.0. The number of amides is 1. The third kappa shape index (κ3) is 2.82. The molecule has 0 bridgehead atoms. The predicted molar refractivity (Wildman–Crippen MR) is 86.0 cm³/mol. The van der Waals surface area contributed by atoms with E-state index < -0.39 is 0 Å². The van der Waals surface area contributed by atoms with Gasteiger partial charge in [-0.3, -0.25) is 4.79 Å². The molecule has 1 aromatic heterocycles. The van der Waals surface area contributed by atoms with Crippen LogP contribution >= 0.6 is 0 Å². The van der Waals surface area contributed by atoms with Crippen molar-refractivity contribution in [3.8, 4) is 5.69 Å². The van der Waals surface area contributed by atoms with Crippen molar-refractivity contribution in [1.29, 1.82) is 0 Å². The summed E-state index contributed by atoms with van der Waals surface area (Å²) in [6.07, 6.45) is 3.64. The van der Waals surface area contributed by atoms with Crippen molar-refractivity contribution in [2.45, 2.75) is 25.4 Å². The van der Waals surface area contributed by atoms with E-state index in [2.05, 4.69) is 5.10 Å². The second-order valence-electron chi connectivity index (χ2n) is 6.77. The average Bonchev–Trinajstić information content (AvgIpc) is 3.26. The molecule has 1 saturated carbocycles. The minimum atomic E-state index is -0.289. The van der Waals surface area contributed by atoms with E-state index in [1.165, 1.54) is 12.1 Å². The zero-order chi connectivity index (χ0) is 16.7. The summed E-state index contributed by atoms with van der Waals surface area (Å²) in [5.74, 6) is 0.454. The molecule has 3 atom stereocenters. The molecule has 2 aromatic rings. The number of fused-ring (bicyclic) bond motifs is 1. The fraction of sp³-hybridized carbons (Fsp3) is 0.444. The molecule has 1 aliphatic heterocycles. The van der Waals surface area contributed by atoms with E-state index >= 15 is 0 Å². The summed E-state index contributed by atoms with van der Waals surface area (Å²) in [6, 6.07) is 7.88. The van der Waals surface area contributed by atoms with E-state index in [0.29, 0.717) is 18.2 Å². The number of hydrogen-bond acceptors (Lipinski definition) is 3. The number of aromatic nitrogens is 2. The Morgan fingerprint density at radius 2 is 2.00 bits per heavy atom. The molecule has 24 heavy (non-hydrogen) atoms. The van der Waals surface area contributed by atoms with Crippen molar-refractivity contribution in [3.05, 3.63) is 48.0 Å². The van der Waals surface area contributed by atoms with E-state index in [0.717, 1.165) is 25.1 Å². The topological polar surface area (TPSA) is 58.4 Å². The first-order valence-electron chi connectivity index (χ1n) is 8.36. The summed E-state index contributed by atoms with van der Waals surface area (Å²) >= 11 is 0. The summed E-state index contributed by atoms with van der Waals surface area (Å²) in [6.45, 7) is 1.41. The maximum absolute atomic E-state index is 13.0. The van der Waals surface area contributed by atoms with E-state index in [1.54, 1.807) is 23.0 Å². The van der Waals surface area contributed by atoms with Gasteiger partial charge < -0.3 is 10.0 Å². The maximum Gasteiger partial charge on any atom is 0.228 e. The van der Waals surface area contributed by atoms with Crippen LogP contribution in [0.3, 0.4) is 0 Å². The number of rotatable bonds is 3. The van der Waals surface area contributed by atoms with Gasteiger partial charge in [-0.2, -0.15) is 5.10 Å². The molecule has 1 saturated heterocycles. The van der Waals surface area contributed by atoms with Crippen molar-refractivity contribution in [2.24, 2.45) is 11.8 Å². The number of carbonyl (C=O) groups excluding carboxylic acids is 1. The van der Waals surface area contributed by atoms with E-state index in [4.69, 9.17) is 0 Å². The molecule has 6 heteroatoms. The summed E-state index contributed by atoms with van der Waals surface area (Å²) in [5, 5.41) is 14.4. The van der Waals surface area contributed by atoms with E-state index in [1.807, 2.05) is 11.0 Å². The fourth-order valence-electron chi connectivity index (χ4n) is 3.90. The van der Waals surface area contributed by atoms with Crippen molar-refractivity contribution < 1.29 is 14.3 Å². The number of halogens is 1. The molecule has 1 aromatic carbocycles. The van der Waals surface area contributed by atoms with Gasteiger partial charge in [0.05, 0.1) is 23.9 Å². The molecule has 4 rings (SSSR count). The van der Waals surface area contributed by atoms with Crippen molar-refractivity contribution in [2.75, 3.05) is 13.1 Å². The first-order valence-corrected chi connectivity index (χ1v) is 8.36. The molecule has 2 aliphatic rings. The summed E-state index contributed by atoms with van der Waals surface area (Å²) < 4.78 is 14.6. The SMILES string of the molecule is O=C(Cc1ccn(-c2ccc(F)cc2)n1)N1C[C@@H]2CC[C@@H](O)[C@@H]2C1. The third-order valence-electron chi connectivity index (χ3n) is 5.24. The lowest BCUT2D eigenvalue weighted by Crippen LogP contribution is -2.32. The number of benzene rings is 1. The van der Waals surface area contributed by atoms with Gasteiger partial charge in [-0.1, -0.05) is 0 Å². The molecule has 2 heterocycles. The van der Waals surface area contributed by atoms with Crippen molar-refractivity contribution in [1.82, 2.24) is 14.7 Å². The lowest BCUT2D eigenvalue weighted by atomic mass is 10.00. The van der Waals surface area contributed by atoms with Gasteiger partial charge in [0, 0.05) is 25.2 Å². The minimum Gasteiger partial charge on any atom is -0.393 e. The number of likely N-dealkylation sites (tertiary alicyclic amines) is 1. The smallest absolute Gasteiger partial charge is 0.228 e. The Morgan fingerprint density at radius 3 is 2.75 bits per heavy atom. The largest absolute Gasteiger partial charge is 0.393 e. The van der Waals surface area contributed by atoms with E-state index in [9.17, 15) is 14.3 Å². The Labute approximate surface area is 139 Å². The van der Waals surface area contributed by atoms with Gasteiger partial charge in [0.2, 0.25) is 5.91 Å². The van der Waals surface area contributed by atoms with Crippen molar-refractivity contribution in [3.63, 3.8) is 0 Å². The lowest BCUT2D eigenvalue weighted by Gasteiger charge is -2.17. The fourth-order valence-corrected chi connectivity index (χ4v) is 3.90. The van der Waals surface area contributed by atoms with Gasteiger partial charge in [0.15, 0.2) is 0 Å². The minimum absolute atomic E-state index is 0.0564. The summed E-state index contributed by atoms with van der Waals surface area (Å²) in [7, 11) is 0. The molecule has 1 aliphatic carbocycles. The van der Waals surface area contributed by atoms with Gasteiger partial charge in [0.1, 0.15) is 5.82 Å². The average molecular weight is 329 g/mol. The molecule has 0 spiro atoms. The van der Waals surface area contributed by atoms with Gasteiger partial charge >= 0.3 is 0 Å². The van der Waals surface area contributed by atoms with Crippen LogP contribution in [-0.4, -0.2) is 44.9 Å². The van der Waals surface area contributed by atoms with Crippen LogP contribution in [0.1, 0.15) is 18.5 Å². The Hall–Kier alpha value is -2.21. The number of aliphatic hydroxyl groups is 1. The van der Waals surface area contributed by atoms with Crippen LogP contribution < -0.4 is 0 Å². The van der Waals surface area contributed by atoms with Gasteiger partial charge in [0.25, 0.3) is 0 Å². The molecule has 1 N–H and O–H groups in total. The highest BCUT2D eigenvalue weighted by molar-refractivity contribution is 5.78. The molecule has 126 valence electrons. The molecular formula is C18H20FN3O2. The number of nitrogens with zero attached hydrogens (tertiary/aromatic N) is 3. The summed E-state index contributed by atoms with van der Waals surface area (Å²) in [4.78, 5) is 14.3. The Morgan fingerprint density at radius 1 is 1.21 bits per heavy atom. The van der Waals surface area contributed by atoms with Crippen LogP contribution in [0.2, 0.25) is 0 Å². The van der Waals surface area contributed by atoms with Gasteiger partial charge in [-0.15, -0.1) is 0 Å². The monoisotopic (exact) mass is 329 g/mol. The standard InChI is InChI=1S/C18H20FN3O2/c19-13-2-4-15(5-3-13)22-8-7-14(20-22)9-18(24)21-10-12-1-6-17(23)16(12)11-21/h2-5,7-8,12,16-17,23H,1,6,9-11H2/t12-,16+,17+/m0/s1. The number of aliphatic hydroxyl groups excluding tert-OH is 1. The zero-order valence-electron chi connectivity index (χ0n) is 13.3. The molecule has 5 nitrogen and oxygen atoms in total. The number of carbonyl (C=O) groups is 1. The second-order valence-corrected chi connectivity index (χ2v) is 6.77. The van der Waals surface area contributed by atoms with Crippen molar-refractivity contribution >= 4 is 5.91 Å². The Balaban J connectivity index is 1.41. The van der Waals surface area contributed by atoms with Crippen LogP contribution in [0.5, 0.6) is 0 Å².